The Bertz CT molecular complexity index is 1780. The first-order valence-electron chi connectivity index (χ1n) is 12.5. The molecule has 224 valence electrons. The third-order valence-electron chi connectivity index (χ3n) is 6.01. The largest absolute Gasteiger partial charge is 0.495 e. The van der Waals surface area contributed by atoms with Crippen LogP contribution in [0.4, 0.5) is 5.69 Å². The zero-order valence-corrected chi connectivity index (χ0v) is 25.9. The van der Waals surface area contributed by atoms with E-state index < -0.39 is 21.8 Å². The van der Waals surface area contributed by atoms with Gasteiger partial charge >= 0.3 is 11.8 Å². The van der Waals surface area contributed by atoms with Crippen LogP contribution in [0.25, 0.3) is 0 Å². The number of methoxy groups -OCH3 is 1. The van der Waals surface area contributed by atoms with Gasteiger partial charge in [0.15, 0.2) is 0 Å². The Morgan fingerprint density at radius 2 is 1.67 bits per heavy atom. The van der Waals surface area contributed by atoms with E-state index >= 15 is 0 Å². The molecule has 0 bridgehead atoms. The van der Waals surface area contributed by atoms with Gasteiger partial charge in [-0.25, -0.2) is 13.8 Å². The lowest BCUT2D eigenvalue weighted by Crippen LogP contribution is -2.32. The molecule has 4 rings (SSSR count). The minimum atomic E-state index is -3.97. The standard InChI is InChI=1S/C29H25Cl3N4O6S/c1-18-3-10-24(11-4-18)43(39,40)36(16-19-5-6-20(30)13-25(19)31)17-23-9-8-22(42-23)15-33-35-29(38)28(37)34-21-7-12-27(41-2)26(32)14-21/h3-15H,16-17H2,1-2H3,(H,34,37)(H,35,38)/b33-15+. The van der Waals surface area contributed by atoms with Crippen LogP contribution in [0, 0.1) is 6.92 Å². The molecule has 43 heavy (non-hydrogen) atoms. The number of carbonyl (C=O) groups excluding carboxylic acids is 2. The van der Waals surface area contributed by atoms with Crippen molar-refractivity contribution in [1.82, 2.24) is 9.73 Å². The lowest BCUT2D eigenvalue weighted by Gasteiger charge is -2.22. The number of carbonyl (C=O) groups is 2. The van der Waals surface area contributed by atoms with E-state index in [1.165, 1.54) is 54.0 Å². The second kappa shape index (κ2) is 14.1. The summed E-state index contributed by atoms with van der Waals surface area (Å²) >= 11 is 18.4. The van der Waals surface area contributed by atoms with Gasteiger partial charge in [-0.2, -0.15) is 9.41 Å². The van der Waals surface area contributed by atoms with Gasteiger partial charge < -0.3 is 14.5 Å². The Balaban J connectivity index is 1.45. The molecular formula is C29H25Cl3N4O6S. The number of hydrogen-bond acceptors (Lipinski definition) is 7. The van der Waals surface area contributed by atoms with Gasteiger partial charge in [0.25, 0.3) is 0 Å². The highest BCUT2D eigenvalue weighted by Crippen LogP contribution is 2.28. The third kappa shape index (κ3) is 8.37. The minimum absolute atomic E-state index is 0.0547. The number of rotatable bonds is 10. The number of amides is 2. The molecule has 14 heteroatoms. The fraction of sp³-hybridized carbons (Fsp3) is 0.138. The first-order chi connectivity index (χ1) is 20.5. The highest BCUT2D eigenvalue weighted by Gasteiger charge is 2.27. The number of hydrogen-bond donors (Lipinski definition) is 2. The molecule has 0 radical (unpaired) electrons. The predicted molar refractivity (Wildman–Crippen MR) is 165 cm³/mol. The van der Waals surface area contributed by atoms with Crippen LogP contribution in [-0.4, -0.2) is 37.9 Å². The SMILES string of the molecule is COc1ccc(NC(=O)C(=O)N/N=C/c2ccc(CN(Cc3ccc(Cl)cc3Cl)S(=O)(=O)c3ccc(C)cc3)o2)cc1Cl. The first-order valence-corrected chi connectivity index (χ1v) is 15.1. The van der Waals surface area contributed by atoms with E-state index in [-0.39, 0.29) is 34.5 Å². The predicted octanol–water partition coefficient (Wildman–Crippen LogP) is 6.04. The first kappa shape index (κ1) is 32.1. The average Bonchev–Trinajstić information content (AvgIpc) is 3.41. The minimum Gasteiger partial charge on any atom is -0.495 e. The van der Waals surface area contributed by atoms with Gasteiger partial charge in [0, 0.05) is 22.3 Å². The lowest BCUT2D eigenvalue weighted by atomic mass is 10.2. The highest BCUT2D eigenvalue weighted by atomic mass is 35.5. The summed E-state index contributed by atoms with van der Waals surface area (Å²) in [5.74, 6) is -1.10. The van der Waals surface area contributed by atoms with Gasteiger partial charge in [-0.15, -0.1) is 0 Å². The van der Waals surface area contributed by atoms with E-state index in [0.29, 0.717) is 27.1 Å². The molecule has 1 aromatic heterocycles. The van der Waals surface area contributed by atoms with E-state index in [9.17, 15) is 18.0 Å². The number of benzene rings is 3. The van der Waals surface area contributed by atoms with Crippen molar-refractivity contribution in [3.63, 3.8) is 0 Å². The number of halogens is 3. The molecule has 0 saturated heterocycles. The summed E-state index contributed by atoms with van der Waals surface area (Å²) in [6.45, 7) is 1.67. The Hall–Kier alpha value is -3.87. The van der Waals surface area contributed by atoms with Crippen molar-refractivity contribution < 1.29 is 27.2 Å². The fourth-order valence-corrected chi connectivity index (χ4v) is 5.90. The van der Waals surface area contributed by atoms with Gasteiger partial charge in [-0.05, 0) is 67.1 Å². The summed E-state index contributed by atoms with van der Waals surface area (Å²) in [5.41, 5.74) is 3.85. The molecule has 0 aliphatic carbocycles. The van der Waals surface area contributed by atoms with E-state index in [4.69, 9.17) is 44.0 Å². The molecule has 0 aliphatic rings. The van der Waals surface area contributed by atoms with Crippen LogP contribution in [0.5, 0.6) is 5.75 Å². The Labute approximate surface area is 263 Å². The highest BCUT2D eigenvalue weighted by molar-refractivity contribution is 7.89. The smallest absolute Gasteiger partial charge is 0.329 e. The molecule has 0 spiro atoms. The number of aryl methyl sites for hydroxylation is 1. The molecule has 1 heterocycles. The Kier molecular flexibility index (Phi) is 10.5. The summed E-state index contributed by atoms with van der Waals surface area (Å²) in [6, 6.07) is 18.9. The van der Waals surface area contributed by atoms with E-state index in [1.54, 1.807) is 36.4 Å². The van der Waals surface area contributed by atoms with E-state index in [2.05, 4.69) is 15.8 Å². The van der Waals surface area contributed by atoms with Gasteiger partial charge in [0.05, 0.1) is 29.8 Å². The average molecular weight is 664 g/mol. The quantitative estimate of drug-likeness (QED) is 0.121. The zero-order valence-electron chi connectivity index (χ0n) is 22.8. The van der Waals surface area contributed by atoms with Crippen LogP contribution in [-0.2, 0) is 32.7 Å². The number of anilines is 1. The summed E-state index contributed by atoms with van der Waals surface area (Å²) in [5, 5.41) is 7.14. The number of nitrogens with zero attached hydrogens (tertiary/aromatic N) is 2. The van der Waals surface area contributed by atoms with Crippen molar-refractivity contribution in [2.45, 2.75) is 24.9 Å². The van der Waals surface area contributed by atoms with Crippen molar-refractivity contribution >= 4 is 68.5 Å². The normalized spacial score (nSPS) is 11.6. The maximum Gasteiger partial charge on any atom is 0.329 e. The molecule has 0 saturated carbocycles. The molecule has 2 N–H and O–H groups in total. The molecular weight excluding hydrogens is 639 g/mol. The molecule has 0 atom stereocenters. The maximum atomic E-state index is 13.6. The monoisotopic (exact) mass is 662 g/mol. The summed E-state index contributed by atoms with van der Waals surface area (Å²) in [6.07, 6.45) is 1.17. The van der Waals surface area contributed by atoms with Crippen LogP contribution in [0.1, 0.15) is 22.6 Å². The van der Waals surface area contributed by atoms with Crippen molar-refractivity contribution in [2.75, 3.05) is 12.4 Å². The summed E-state index contributed by atoms with van der Waals surface area (Å²) in [4.78, 5) is 24.5. The van der Waals surface area contributed by atoms with Crippen LogP contribution in [0.15, 0.2) is 87.2 Å². The fourth-order valence-electron chi connectivity index (χ4n) is 3.79. The van der Waals surface area contributed by atoms with Crippen LogP contribution in [0.3, 0.4) is 0 Å². The topological polar surface area (TPSA) is 130 Å². The molecule has 0 fully saturated rings. The van der Waals surface area contributed by atoms with E-state index in [0.717, 1.165) is 5.56 Å². The van der Waals surface area contributed by atoms with Gasteiger partial charge in [-0.3, -0.25) is 9.59 Å². The van der Waals surface area contributed by atoms with Crippen molar-refractivity contribution in [3.8, 4) is 5.75 Å². The maximum absolute atomic E-state index is 13.6. The molecule has 4 aromatic rings. The second-order valence-electron chi connectivity index (χ2n) is 9.13. The lowest BCUT2D eigenvalue weighted by molar-refractivity contribution is -0.136. The summed E-state index contributed by atoms with van der Waals surface area (Å²) in [7, 11) is -2.52. The molecule has 0 aliphatic heterocycles. The van der Waals surface area contributed by atoms with Crippen LogP contribution >= 0.6 is 34.8 Å². The summed E-state index contributed by atoms with van der Waals surface area (Å²) < 4.78 is 39.3. The Morgan fingerprint density at radius 3 is 2.35 bits per heavy atom. The second-order valence-corrected chi connectivity index (χ2v) is 12.3. The molecule has 3 aromatic carbocycles. The van der Waals surface area contributed by atoms with Gasteiger partial charge in [0.1, 0.15) is 17.3 Å². The Morgan fingerprint density at radius 1 is 0.930 bits per heavy atom. The van der Waals surface area contributed by atoms with Crippen LogP contribution < -0.4 is 15.5 Å². The van der Waals surface area contributed by atoms with E-state index in [1.807, 2.05) is 6.92 Å². The molecule has 0 unspecified atom stereocenters. The number of hydrazone groups is 1. The van der Waals surface area contributed by atoms with Crippen molar-refractivity contribution in [1.29, 1.82) is 0 Å². The van der Waals surface area contributed by atoms with Crippen LogP contribution in [0.2, 0.25) is 15.1 Å². The van der Waals surface area contributed by atoms with Crippen molar-refractivity contribution in [3.05, 3.63) is 111 Å². The zero-order chi connectivity index (χ0) is 31.1. The van der Waals surface area contributed by atoms with Gasteiger partial charge in [0.2, 0.25) is 10.0 Å². The van der Waals surface area contributed by atoms with Gasteiger partial charge in [-0.1, -0.05) is 58.6 Å². The number of ether oxygens (including phenoxy) is 1. The molecule has 2 amide bonds. The van der Waals surface area contributed by atoms with Crippen molar-refractivity contribution in [2.24, 2.45) is 5.10 Å². The third-order valence-corrected chi connectivity index (χ3v) is 8.70. The number of sulfonamides is 1. The molecule has 10 nitrogen and oxygen atoms in total. The number of furan rings is 1. The number of nitrogens with one attached hydrogen (secondary N) is 2.